The molecule has 1 atom stereocenters. The normalized spacial score (nSPS) is 23.7. The lowest BCUT2D eigenvalue weighted by Crippen LogP contribution is -2.54. The number of aryl methyl sites for hydroxylation is 1. The number of rotatable bonds is 2. The maximum absolute atomic E-state index is 13.0. The third-order valence-corrected chi connectivity index (χ3v) is 4.66. The molecule has 0 bridgehead atoms. The molecule has 1 saturated carbocycles. The molecule has 0 aromatic heterocycles. The second-order valence-corrected chi connectivity index (χ2v) is 6.22. The van der Waals surface area contributed by atoms with Crippen molar-refractivity contribution in [1.29, 1.82) is 0 Å². The van der Waals surface area contributed by atoms with Crippen LogP contribution in [-0.2, 0) is 9.53 Å². The predicted molar refractivity (Wildman–Crippen MR) is 80.5 cm³/mol. The largest absolute Gasteiger partial charge is 0.480 e. The molecule has 1 aromatic rings. The Morgan fingerprint density at radius 1 is 1.27 bits per heavy atom. The Kier molecular flexibility index (Phi) is 3.91. The number of aliphatic carboxylic acids is 1. The van der Waals surface area contributed by atoms with E-state index in [0.29, 0.717) is 18.4 Å². The molecule has 5 heteroatoms. The van der Waals surface area contributed by atoms with Gasteiger partial charge in [0.1, 0.15) is 5.72 Å². The molecular formula is C17H21NO4. The fraction of sp³-hybridized carbons (Fsp3) is 0.529. The van der Waals surface area contributed by atoms with Crippen LogP contribution in [-0.4, -0.2) is 40.3 Å². The van der Waals surface area contributed by atoms with Crippen molar-refractivity contribution < 1.29 is 19.4 Å². The van der Waals surface area contributed by atoms with Crippen molar-refractivity contribution in [3.63, 3.8) is 0 Å². The Morgan fingerprint density at radius 3 is 2.64 bits per heavy atom. The molecule has 2 aliphatic rings. The summed E-state index contributed by atoms with van der Waals surface area (Å²) in [4.78, 5) is 26.0. The summed E-state index contributed by atoms with van der Waals surface area (Å²) in [5.41, 5.74) is 0.777. The Labute approximate surface area is 129 Å². The summed E-state index contributed by atoms with van der Waals surface area (Å²) in [6.45, 7) is 2.00. The molecular weight excluding hydrogens is 282 g/mol. The molecule has 0 radical (unpaired) electrons. The Balaban J connectivity index is 1.97. The minimum Gasteiger partial charge on any atom is -0.480 e. The molecule has 1 saturated heterocycles. The zero-order valence-corrected chi connectivity index (χ0v) is 12.7. The van der Waals surface area contributed by atoms with Gasteiger partial charge in [0, 0.05) is 5.56 Å². The van der Waals surface area contributed by atoms with Crippen molar-refractivity contribution in [2.24, 2.45) is 0 Å². The minimum absolute atomic E-state index is 0.0763. The van der Waals surface area contributed by atoms with Crippen LogP contribution in [0.2, 0.25) is 0 Å². The third kappa shape index (κ3) is 2.50. The van der Waals surface area contributed by atoms with Crippen LogP contribution in [0.5, 0.6) is 0 Å². The summed E-state index contributed by atoms with van der Waals surface area (Å²) in [7, 11) is 0. The van der Waals surface area contributed by atoms with Gasteiger partial charge in [-0.05, 0) is 44.7 Å². The van der Waals surface area contributed by atoms with Gasteiger partial charge in [-0.2, -0.15) is 0 Å². The summed E-state index contributed by atoms with van der Waals surface area (Å²) >= 11 is 0. The summed E-state index contributed by atoms with van der Waals surface area (Å²) in [5, 5.41) is 9.47. The van der Waals surface area contributed by atoms with Crippen molar-refractivity contribution in [2.75, 3.05) is 6.61 Å². The standard InChI is InChI=1S/C17H21NO4/c1-12-6-5-7-13(10-12)15(19)18-14(16(20)21)11-22-17(18)8-3-2-4-9-17/h5-7,10,14H,2-4,8-9,11H2,1H3,(H,20,21)/t14-/m1/s1. The van der Waals surface area contributed by atoms with Gasteiger partial charge in [0.2, 0.25) is 0 Å². The van der Waals surface area contributed by atoms with Crippen molar-refractivity contribution in [3.8, 4) is 0 Å². The van der Waals surface area contributed by atoms with E-state index in [1.807, 2.05) is 19.1 Å². The van der Waals surface area contributed by atoms with Crippen LogP contribution >= 0.6 is 0 Å². The van der Waals surface area contributed by atoms with E-state index in [2.05, 4.69) is 0 Å². The maximum Gasteiger partial charge on any atom is 0.328 e. The van der Waals surface area contributed by atoms with Gasteiger partial charge in [-0.15, -0.1) is 0 Å². The summed E-state index contributed by atoms with van der Waals surface area (Å²) in [5.74, 6) is -1.24. The zero-order chi connectivity index (χ0) is 15.7. The Bertz CT molecular complexity index is 592. The first-order valence-electron chi connectivity index (χ1n) is 7.81. The van der Waals surface area contributed by atoms with Crippen LogP contribution in [0, 0.1) is 6.92 Å². The lowest BCUT2D eigenvalue weighted by atomic mass is 9.89. The van der Waals surface area contributed by atoms with Gasteiger partial charge in [0.25, 0.3) is 5.91 Å². The second kappa shape index (κ2) is 5.72. The number of hydrogen-bond acceptors (Lipinski definition) is 3. The quantitative estimate of drug-likeness (QED) is 0.912. The second-order valence-electron chi connectivity index (χ2n) is 6.22. The van der Waals surface area contributed by atoms with Gasteiger partial charge in [-0.25, -0.2) is 4.79 Å². The average Bonchev–Trinajstić information content (AvgIpc) is 2.86. The van der Waals surface area contributed by atoms with Gasteiger partial charge in [-0.1, -0.05) is 24.1 Å². The van der Waals surface area contributed by atoms with Crippen molar-refractivity contribution in [1.82, 2.24) is 4.90 Å². The first-order valence-corrected chi connectivity index (χ1v) is 7.81. The number of amides is 1. The van der Waals surface area contributed by atoms with Crippen LogP contribution in [0.3, 0.4) is 0 Å². The fourth-order valence-electron chi connectivity index (χ4n) is 3.58. The number of carboxylic acid groups (broad SMARTS) is 1. The van der Waals surface area contributed by atoms with Crippen LogP contribution < -0.4 is 0 Å². The fourth-order valence-corrected chi connectivity index (χ4v) is 3.58. The van der Waals surface area contributed by atoms with Crippen molar-refractivity contribution >= 4 is 11.9 Å². The molecule has 0 unspecified atom stereocenters. The lowest BCUT2D eigenvalue weighted by molar-refractivity contribution is -0.143. The van der Waals surface area contributed by atoms with Gasteiger partial charge in [0.05, 0.1) is 6.61 Å². The molecule has 1 heterocycles. The Morgan fingerprint density at radius 2 is 2.00 bits per heavy atom. The first-order chi connectivity index (χ1) is 10.5. The van der Waals surface area contributed by atoms with Gasteiger partial charge < -0.3 is 9.84 Å². The van der Waals surface area contributed by atoms with Crippen LogP contribution in [0.4, 0.5) is 0 Å². The maximum atomic E-state index is 13.0. The molecule has 1 aliphatic carbocycles. The third-order valence-electron chi connectivity index (χ3n) is 4.66. The van der Waals surface area contributed by atoms with Crippen LogP contribution in [0.1, 0.15) is 48.0 Å². The molecule has 118 valence electrons. The van der Waals surface area contributed by atoms with Crippen LogP contribution in [0.15, 0.2) is 24.3 Å². The number of carbonyl (C=O) groups is 2. The summed E-state index contributed by atoms with van der Waals surface area (Å²) < 4.78 is 5.87. The van der Waals surface area contributed by atoms with E-state index in [4.69, 9.17) is 4.74 Å². The summed E-state index contributed by atoms with van der Waals surface area (Å²) in [6, 6.07) is 6.38. The molecule has 1 N–H and O–H groups in total. The molecule has 1 amide bonds. The zero-order valence-electron chi connectivity index (χ0n) is 12.7. The van der Waals surface area contributed by atoms with E-state index in [0.717, 1.165) is 24.8 Å². The van der Waals surface area contributed by atoms with Gasteiger partial charge >= 0.3 is 5.97 Å². The monoisotopic (exact) mass is 303 g/mol. The van der Waals surface area contributed by atoms with E-state index < -0.39 is 17.7 Å². The number of carbonyl (C=O) groups excluding carboxylic acids is 1. The molecule has 1 aliphatic heterocycles. The number of carboxylic acids is 1. The van der Waals surface area contributed by atoms with E-state index >= 15 is 0 Å². The van der Waals surface area contributed by atoms with E-state index in [1.165, 1.54) is 4.90 Å². The van der Waals surface area contributed by atoms with E-state index in [9.17, 15) is 14.7 Å². The number of ether oxygens (including phenoxy) is 1. The number of nitrogens with zero attached hydrogens (tertiary/aromatic N) is 1. The average molecular weight is 303 g/mol. The molecule has 5 nitrogen and oxygen atoms in total. The molecule has 1 aromatic carbocycles. The molecule has 3 rings (SSSR count). The SMILES string of the molecule is Cc1cccc(C(=O)N2[C@@H](C(=O)O)COC23CCCCC3)c1. The summed E-state index contributed by atoms with van der Waals surface area (Å²) in [6.07, 6.45) is 4.46. The number of hydrogen-bond donors (Lipinski definition) is 1. The highest BCUT2D eigenvalue weighted by molar-refractivity contribution is 5.97. The highest BCUT2D eigenvalue weighted by atomic mass is 16.5. The highest BCUT2D eigenvalue weighted by Gasteiger charge is 2.53. The van der Waals surface area contributed by atoms with E-state index in [-0.39, 0.29) is 12.5 Å². The molecule has 22 heavy (non-hydrogen) atoms. The molecule has 1 spiro atoms. The smallest absolute Gasteiger partial charge is 0.328 e. The highest BCUT2D eigenvalue weighted by Crippen LogP contribution is 2.41. The number of benzene rings is 1. The van der Waals surface area contributed by atoms with Crippen molar-refractivity contribution in [2.45, 2.75) is 50.8 Å². The van der Waals surface area contributed by atoms with Crippen LogP contribution in [0.25, 0.3) is 0 Å². The van der Waals surface area contributed by atoms with Crippen molar-refractivity contribution in [3.05, 3.63) is 35.4 Å². The minimum atomic E-state index is -0.997. The lowest BCUT2D eigenvalue weighted by Gasteiger charge is -2.41. The van der Waals surface area contributed by atoms with Gasteiger partial charge in [0.15, 0.2) is 6.04 Å². The predicted octanol–water partition coefficient (Wildman–Crippen LogP) is 2.58. The van der Waals surface area contributed by atoms with Gasteiger partial charge in [-0.3, -0.25) is 9.69 Å². The topological polar surface area (TPSA) is 66.8 Å². The first kappa shape index (κ1) is 15.0. The Hall–Kier alpha value is -1.88. The van der Waals surface area contributed by atoms with E-state index in [1.54, 1.807) is 12.1 Å². The molecule has 2 fully saturated rings.